The average Bonchev–Trinajstić information content (AvgIpc) is 2.82. The van der Waals surface area contributed by atoms with Gasteiger partial charge in [0.1, 0.15) is 5.88 Å². The minimum Gasteiger partial charge on any atom is -0.381 e. The van der Waals surface area contributed by atoms with E-state index >= 15 is 0 Å². The average molecular weight is 248 g/mol. The van der Waals surface area contributed by atoms with E-state index in [1.807, 2.05) is 4.90 Å². The fourth-order valence-electron chi connectivity index (χ4n) is 2.41. The minimum absolute atomic E-state index is 0.0221. The highest BCUT2D eigenvalue weighted by Gasteiger charge is 2.30. The molecular weight excluding hydrogens is 230 g/mol. The van der Waals surface area contributed by atoms with Crippen LogP contribution in [0.4, 0.5) is 0 Å². The van der Waals surface area contributed by atoms with Crippen LogP contribution in [-0.4, -0.2) is 55.7 Å². The highest BCUT2D eigenvalue weighted by Crippen LogP contribution is 2.22. The van der Waals surface area contributed by atoms with Crippen LogP contribution in [0.2, 0.25) is 0 Å². The van der Waals surface area contributed by atoms with E-state index < -0.39 is 0 Å². The fourth-order valence-corrected chi connectivity index (χ4v) is 2.56. The molecule has 0 bridgehead atoms. The second kappa shape index (κ2) is 5.84. The second-order valence-corrected chi connectivity index (χ2v) is 4.68. The number of halogens is 1. The summed E-state index contributed by atoms with van der Waals surface area (Å²) in [7, 11) is 0. The van der Waals surface area contributed by atoms with Crippen molar-refractivity contribution in [3.8, 4) is 0 Å². The molecule has 2 saturated heterocycles. The van der Waals surface area contributed by atoms with Gasteiger partial charge in [0.2, 0.25) is 5.91 Å². The van der Waals surface area contributed by atoms with Crippen molar-refractivity contribution in [3.63, 3.8) is 0 Å². The zero-order valence-electron chi connectivity index (χ0n) is 9.36. The Kier molecular flexibility index (Phi) is 4.44. The van der Waals surface area contributed by atoms with Gasteiger partial charge in [0, 0.05) is 19.8 Å². The molecule has 2 fully saturated rings. The molecule has 92 valence electrons. The van der Waals surface area contributed by atoms with Crippen molar-refractivity contribution in [2.24, 2.45) is 5.92 Å². The molecule has 2 unspecified atom stereocenters. The number of ether oxygens (including phenoxy) is 2. The van der Waals surface area contributed by atoms with E-state index in [1.165, 1.54) is 0 Å². The van der Waals surface area contributed by atoms with Gasteiger partial charge in [0.25, 0.3) is 0 Å². The van der Waals surface area contributed by atoms with E-state index in [9.17, 15) is 4.79 Å². The van der Waals surface area contributed by atoms with Gasteiger partial charge in [0.15, 0.2) is 0 Å². The van der Waals surface area contributed by atoms with Gasteiger partial charge in [-0.15, -0.1) is 11.6 Å². The van der Waals surface area contributed by atoms with Gasteiger partial charge in [-0.2, -0.15) is 0 Å². The van der Waals surface area contributed by atoms with E-state index in [4.69, 9.17) is 21.1 Å². The van der Waals surface area contributed by atoms with Gasteiger partial charge < -0.3 is 14.4 Å². The molecule has 2 atom stereocenters. The number of hydrogen-bond donors (Lipinski definition) is 0. The van der Waals surface area contributed by atoms with Gasteiger partial charge in [-0.1, -0.05) is 0 Å². The van der Waals surface area contributed by atoms with Crippen LogP contribution in [0.1, 0.15) is 12.8 Å². The maximum atomic E-state index is 11.7. The van der Waals surface area contributed by atoms with Gasteiger partial charge in [-0.3, -0.25) is 4.79 Å². The number of rotatable bonds is 3. The summed E-state index contributed by atoms with van der Waals surface area (Å²) in [5, 5.41) is 0. The second-order valence-electron chi connectivity index (χ2n) is 4.41. The largest absolute Gasteiger partial charge is 0.381 e. The van der Waals surface area contributed by atoms with Crippen molar-refractivity contribution in [2.75, 3.05) is 38.9 Å². The molecular formula is C11H18ClNO3. The van der Waals surface area contributed by atoms with Crippen molar-refractivity contribution in [1.82, 2.24) is 4.90 Å². The van der Waals surface area contributed by atoms with Gasteiger partial charge in [0.05, 0.1) is 19.3 Å². The summed E-state index contributed by atoms with van der Waals surface area (Å²) in [6.07, 6.45) is 2.07. The summed E-state index contributed by atoms with van der Waals surface area (Å²) in [6.45, 7) is 3.60. The van der Waals surface area contributed by atoms with Crippen LogP contribution >= 0.6 is 11.6 Å². The molecule has 0 N–H and O–H groups in total. The molecule has 16 heavy (non-hydrogen) atoms. The van der Waals surface area contributed by atoms with E-state index in [0.29, 0.717) is 25.7 Å². The Morgan fingerprint density at radius 1 is 1.31 bits per heavy atom. The van der Waals surface area contributed by atoms with E-state index in [1.54, 1.807) is 0 Å². The van der Waals surface area contributed by atoms with E-state index in [-0.39, 0.29) is 17.8 Å². The Morgan fingerprint density at radius 2 is 2.12 bits per heavy atom. The minimum atomic E-state index is 0.0221. The van der Waals surface area contributed by atoms with Gasteiger partial charge >= 0.3 is 0 Å². The lowest BCUT2D eigenvalue weighted by atomic mass is 9.98. The Balaban J connectivity index is 1.90. The molecule has 2 aliphatic heterocycles. The molecule has 4 nitrogen and oxygen atoms in total. The molecule has 0 saturated carbocycles. The van der Waals surface area contributed by atoms with Crippen molar-refractivity contribution < 1.29 is 14.3 Å². The normalized spacial score (nSPS) is 30.7. The lowest BCUT2D eigenvalue weighted by Crippen LogP contribution is -2.50. The topological polar surface area (TPSA) is 38.8 Å². The van der Waals surface area contributed by atoms with Crippen molar-refractivity contribution in [3.05, 3.63) is 0 Å². The van der Waals surface area contributed by atoms with Crippen molar-refractivity contribution in [1.29, 1.82) is 0 Å². The van der Waals surface area contributed by atoms with Crippen LogP contribution in [0, 0.1) is 5.92 Å². The SMILES string of the molecule is O=C(CCl)N1CCOCC1CC1CCOC1. The summed E-state index contributed by atoms with van der Waals surface area (Å²) < 4.78 is 10.8. The molecule has 0 aromatic rings. The van der Waals surface area contributed by atoms with E-state index in [0.717, 1.165) is 26.1 Å². The van der Waals surface area contributed by atoms with Crippen LogP contribution in [0.3, 0.4) is 0 Å². The third-order valence-corrected chi connectivity index (χ3v) is 3.52. The maximum Gasteiger partial charge on any atom is 0.237 e. The molecule has 0 spiro atoms. The number of morpholine rings is 1. The Bertz CT molecular complexity index is 243. The molecule has 0 aromatic heterocycles. The Hall–Kier alpha value is -0.320. The maximum absolute atomic E-state index is 11.7. The summed E-state index contributed by atoms with van der Waals surface area (Å²) >= 11 is 5.61. The standard InChI is InChI=1S/C11H18ClNO3/c12-6-11(14)13-2-4-16-8-10(13)5-9-1-3-15-7-9/h9-10H,1-8H2. The summed E-state index contributed by atoms with van der Waals surface area (Å²) in [5.41, 5.74) is 0. The molecule has 1 amide bonds. The van der Waals surface area contributed by atoms with E-state index in [2.05, 4.69) is 0 Å². The number of carbonyl (C=O) groups excluding carboxylic acids is 1. The molecule has 2 heterocycles. The zero-order valence-corrected chi connectivity index (χ0v) is 10.1. The molecule has 0 radical (unpaired) electrons. The van der Waals surface area contributed by atoms with Crippen molar-refractivity contribution >= 4 is 17.5 Å². The molecule has 0 aliphatic carbocycles. The predicted octanol–water partition coefficient (Wildman–Crippen LogP) is 0.879. The van der Waals surface area contributed by atoms with Crippen LogP contribution in [-0.2, 0) is 14.3 Å². The number of amides is 1. The number of carbonyl (C=O) groups is 1. The first-order valence-electron chi connectivity index (χ1n) is 5.82. The number of nitrogens with zero attached hydrogens (tertiary/aromatic N) is 1. The lowest BCUT2D eigenvalue weighted by Gasteiger charge is -2.36. The lowest BCUT2D eigenvalue weighted by molar-refractivity contribution is -0.137. The zero-order chi connectivity index (χ0) is 11.4. The first kappa shape index (κ1) is 12.1. The Labute approximate surface area is 101 Å². The first-order chi connectivity index (χ1) is 7.81. The smallest absolute Gasteiger partial charge is 0.237 e. The van der Waals surface area contributed by atoms with Crippen LogP contribution < -0.4 is 0 Å². The van der Waals surface area contributed by atoms with Crippen LogP contribution in [0.15, 0.2) is 0 Å². The molecule has 2 rings (SSSR count). The fraction of sp³-hybridized carbons (Fsp3) is 0.909. The summed E-state index contributed by atoms with van der Waals surface area (Å²) in [6, 6.07) is 0.187. The summed E-state index contributed by atoms with van der Waals surface area (Å²) in [5.74, 6) is 0.656. The van der Waals surface area contributed by atoms with Crippen molar-refractivity contribution in [2.45, 2.75) is 18.9 Å². The Morgan fingerprint density at radius 3 is 2.81 bits per heavy atom. The molecule has 5 heteroatoms. The van der Waals surface area contributed by atoms with Crippen LogP contribution in [0.25, 0.3) is 0 Å². The monoisotopic (exact) mass is 247 g/mol. The third kappa shape index (κ3) is 2.87. The van der Waals surface area contributed by atoms with Gasteiger partial charge in [-0.25, -0.2) is 0 Å². The molecule has 0 aromatic carbocycles. The molecule has 2 aliphatic rings. The predicted molar refractivity (Wildman–Crippen MR) is 60.6 cm³/mol. The summed E-state index contributed by atoms with van der Waals surface area (Å²) in [4.78, 5) is 13.5. The quantitative estimate of drug-likeness (QED) is 0.695. The highest BCUT2D eigenvalue weighted by atomic mass is 35.5. The number of hydrogen-bond acceptors (Lipinski definition) is 3. The number of alkyl halides is 1. The van der Waals surface area contributed by atoms with Crippen LogP contribution in [0.5, 0.6) is 0 Å². The third-order valence-electron chi connectivity index (χ3n) is 3.29. The van der Waals surface area contributed by atoms with Gasteiger partial charge in [-0.05, 0) is 18.8 Å². The highest BCUT2D eigenvalue weighted by molar-refractivity contribution is 6.27. The first-order valence-corrected chi connectivity index (χ1v) is 6.35.